The van der Waals surface area contributed by atoms with Crippen LogP contribution in [0, 0.1) is 0 Å². The molecule has 0 aromatic carbocycles. The standard InChI is InChI=1S/C8H15NS/c1-7-8(2)10-6-4-3-5-9-7/h3,5,7-9H,4,6H2,1-2H3/b5-3-. The van der Waals surface area contributed by atoms with E-state index >= 15 is 0 Å². The molecule has 0 aromatic heterocycles. The minimum atomic E-state index is 0.613. The summed E-state index contributed by atoms with van der Waals surface area (Å²) < 4.78 is 0. The van der Waals surface area contributed by atoms with Crippen LogP contribution in [0.2, 0.25) is 0 Å². The Morgan fingerprint density at radius 2 is 2.30 bits per heavy atom. The maximum Gasteiger partial charge on any atom is 0.0343 e. The van der Waals surface area contributed by atoms with Crippen molar-refractivity contribution in [3.8, 4) is 0 Å². The molecule has 1 N–H and O–H groups in total. The third-order valence-corrected chi connectivity index (χ3v) is 3.25. The van der Waals surface area contributed by atoms with Crippen LogP contribution < -0.4 is 5.32 Å². The summed E-state index contributed by atoms with van der Waals surface area (Å²) in [6.07, 6.45) is 5.49. The second-order valence-electron chi connectivity index (χ2n) is 2.72. The molecule has 1 heterocycles. The van der Waals surface area contributed by atoms with Crippen LogP contribution in [-0.2, 0) is 0 Å². The molecule has 0 aromatic rings. The van der Waals surface area contributed by atoms with Crippen LogP contribution in [0.4, 0.5) is 0 Å². The molecule has 58 valence electrons. The number of nitrogens with one attached hydrogen (secondary N) is 1. The normalized spacial score (nSPS) is 37.4. The van der Waals surface area contributed by atoms with Gasteiger partial charge in [0, 0.05) is 11.3 Å². The first-order valence-electron chi connectivity index (χ1n) is 3.83. The maximum absolute atomic E-state index is 3.33. The van der Waals surface area contributed by atoms with E-state index in [2.05, 4.69) is 31.4 Å². The van der Waals surface area contributed by atoms with Gasteiger partial charge in [0.1, 0.15) is 0 Å². The van der Waals surface area contributed by atoms with Crippen molar-refractivity contribution in [2.75, 3.05) is 5.75 Å². The van der Waals surface area contributed by atoms with Crippen LogP contribution in [-0.4, -0.2) is 17.0 Å². The van der Waals surface area contributed by atoms with Crippen molar-refractivity contribution in [2.45, 2.75) is 31.6 Å². The third kappa shape index (κ3) is 2.25. The second kappa shape index (κ2) is 3.91. The molecule has 1 nitrogen and oxygen atoms in total. The van der Waals surface area contributed by atoms with E-state index < -0.39 is 0 Å². The first kappa shape index (κ1) is 7.99. The van der Waals surface area contributed by atoms with E-state index in [1.165, 1.54) is 12.2 Å². The highest BCUT2D eigenvalue weighted by Crippen LogP contribution is 2.16. The second-order valence-corrected chi connectivity index (χ2v) is 4.21. The molecule has 2 heteroatoms. The maximum atomic E-state index is 3.33. The highest BCUT2D eigenvalue weighted by Gasteiger charge is 2.10. The van der Waals surface area contributed by atoms with E-state index in [0.717, 1.165) is 5.25 Å². The van der Waals surface area contributed by atoms with Crippen LogP contribution in [0.5, 0.6) is 0 Å². The zero-order valence-corrected chi connectivity index (χ0v) is 7.45. The van der Waals surface area contributed by atoms with E-state index in [9.17, 15) is 0 Å². The molecule has 1 aliphatic rings. The molecule has 1 rings (SSSR count). The van der Waals surface area contributed by atoms with Crippen molar-refractivity contribution in [1.29, 1.82) is 0 Å². The fraction of sp³-hybridized carbons (Fsp3) is 0.750. The summed E-state index contributed by atoms with van der Waals surface area (Å²) in [5.41, 5.74) is 0. The van der Waals surface area contributed by atoms with Crippen molar-refractivity contribution in [1.82, 2.24) is 5.32 Å². The molecular weight excluding hydrogens is 142 g/mol. The van der Waals surface area contributed by atoms with Crippen LogP contribution in [0.1, 0.15) is 20.3 Å². The Balaban J connectivity index is 2.41. The smallest absolute Gasteiger partial charge is 0.0343 e. The molecule has 2 atom stereocenters. The van der Waals surface area contributed by atoms with Crippen LogP contribution >= 0.6 is 11.8 Å². The average Bonchev–Trinajstić information content (AvgIpc) is 1.92. The van der Waals surface area contributed by atoms with Gasteiger partial charge in [0.05, 0.1) is 0 Å². The highest BCUT2D eigenvalue weighted by molar-refractivity contribution is 7.99. The molecule has 2 unspecified atom stereocenters. The molecule has 10 heavy (non-hydrogen) atoms. The van der Waals surface area contributed by atoms with Gasteiger partial charge in [-0.3, -0.25) is 0 Å². The summed E-state index contributed by atoms with van der Waals surface area (Å²) in [5.74, 6) is 1.27. The van der Waals surface area contributed by atoms with Crippen LogP contribution in [0.15, 0.2) is 12.3 Å². The van der Waals surface area contributed by atoms with Crippen molar-refractivity contribution in [3.05, 3.63) is 12.3 Å². The van der Waals surface area contributed by atoms with Crippen LogP contribution in [0.25, 0.3) is 0 Å². The highest BCUT2D eigenvalue weighted by atomic mass is 32.2. The third-order valence-electron chi connectivity index (χ3n) is 1.85. The lowest BCUT2D eigenvalue weighted by Gasteiger charge is -2.21. The zero-order chi connectivity index (χ0) is 7.40. The molecule has 0 bridgehead atoms. The molecule has 0 spiro atoms. The minimum absolute atomic E-state index is 0.613. The molecule has 0 aliphatic carbocycles. The molecule has 1 aliphatic heterocycles. The summed E-state index contributed by atoms with van der Waals surface area (Å²) in [4.78, 5) is 0. The topological polar surface area (TPSA) is 12.0 Å². The molecule has 0 saturated carbocycles. The fourth-order valence-electron chi connectivity index (χ4n) is 0.905. The van der Waals surface area contributed by atoms with Gasteiger partial charge in [0.25, 0.3) is 0 Å². The number of hydrogen-bond acceptors (Lipinski definition) is 2. The quantitative estimate of drug-likeness (QED) is 0.577. The molecule has 0 amide bonds. The Labute approximate surface area is 67.3 Å². The van der Waals surface area contributed by atoms with E-state index in [1.807, 2.05) is 11.8 Å². The molecule has 0 radical (unpaired) electrons. The monoisotopic (exact) mass is 157 g/mol. The summed E-state index contributed by atoms with van der Waals surface area (Å²) in [5, 5.41) is 4.07. The Kier molecular flexibility index (Phi) is 3.13. The lowest BCUT2D eigenvalue weighted by molar-refractivity contribution is 0.628. The number of rotatable bonds is 0. The predicted molar refractivity (Wildman–Crippen MR) is 48.3 cm³/mol. The van der Waals surface area contributed by atoms with E-state index in [0.29, 0.717) is 6.04 Å². The Morgan fingerprint density at radius 1 is 1.50 bits per heavy atom. The van der Waals surface area contributed by atoms with Crippen molar-refractivity contribution < 1.29 is 0 Å². The summed E-state index contributed by atoms with van der Waals surface area (Å²) in [6.45, 7) is 4.51. The van der Waals surface area contributed by atoms with Gasteiger partial charge in [-0.2, -0.15) is 11.8 Å². The Hall–Kier alpha value is -0.110. The molecule has 0 fully saturated rings. The van der Waals surface area contributed by atoms with Gasteiger partial charge in [-0.05, 0) is 25.3 Å². The zero-order valence-electron chi connectivity index (χ0n) is 6.63. The largest absolute Gasteiger partial charge is 0.388 e. The molecule has 0 saturated heterocycles. The summed E-state index contributed by atoms with van der Waals surface area (Å²) >= 11 is 2.05. The fourth-order valence-corrected chi connectivity index (χ4v) is 1.92. The van der Waals surface area contributed by atoms with Crippen molar-refractivity contribution >= 4 is 11.8 Å². The van der Waals surface area contributed by atoms with Gasteiger partial charge in [-0.25, -0.2) is 0 Å². The number of hydrogen-bond donors (Lipinski definition) is 1. The van der Waals surface area contributed by atoms with Gasteiger partial charge < -0.3 is 5.32 Å². The summed E-state index contributed by atoms with van der Waals surface area (Å²) in [6, 6.07) is 0.613. The van der Waals surface area contributed by atoms with Gasteiger partial charge in [-0.15, -0.1) is 0 Å². The van der Waals surface area contributed by atoms with Crippen LogP contribution in [0.3, 0.4) is 0 Å². The summed E-state index contributed by atoms with van der Waals surface area (Å²) in [7, 11) is 0. The molecular formula is C8H15NS. The van der Waals surface area contributed by atoms with Crippen molar-refractivity contribution in [3.63, 3.8) is 0 Å². The van der Waals surface area contributed by atoms with E-state index in [4.69, 9.17) is 0 Å². The van der Waals surface area contributed by atoms with Gasteiger partial charge in [-0.1, -0.05) is 13.0 Å². The van der Waals surface area contributed by atoms with E-state index in [-0.39, 0.29) is 0 Å². The van der Waals surface area contributed by atoms with E-state index in [1.54, 1.807) is 0 Å². The lowest BCUT2D eigenvalue weighted by Crippen LogP contribution is -2.30. The predicted octanol–water partition coefficient (Wildman–Crippen LogP) is 2.00. The average molecular weight is 157 g/mol. The first-order chi connectivity index (χ1) is 4.80. The van der Waals surface area contributed by atoms with Crippen molar-refractivity contribution in [2.24, 2.45) is 0 Å². The van der Waals surface area contributed by atoms with Gasteiger partial charge >= 0.3 is 0 Å². The lowest BCUT2D eigenvalue weighted by atomic mass is 10.2. The Morgan fingerprint density at radius 3 is 3.10 bits per heavy atom. The minimum Gasteiger partial charge on any atom is -0.388 e. The SMILES string of the molecule is CC1N/C=C\CCSC1C. The van der Waals surface area contributed by atoms with Gasteiger partial charge in [0.2, 0.25) is 0 Å². The van der Waals surface area contributed by atoms with Gasteiger partial charge in [0.15, 0.2) is 0 Å². The first-order valence-corrected chi connectivity index (χ1v) is 4.88. The Bertz CT molecular complexity index is 122. The number of allylic oxidation sites excluding steroid dienone is 1. The number of thioether (sulfide) groups is 1.